The van der Waals surface area contributed by atoms with Crippen LogP contribution >= 0.6 is 0 Å². The largest absolute Gasteiger partial charge is 0.481 e. The molecule has 0 aliphatic carbocycles. The van der Waals surface area contributed by atoms with E-state index in [2.05, 4.69) is 26.7 Å². The summed E-state index contributed by atoms with van der Waals surface area (Å²) in [5, 5.41) is 6.75. The number of nitrogens with zero attached hydrogens (tertiary/aromatic N) is 3. The Labute approximate surface area is 200 Å². The van der Waals surface area contributed by atoms with Crippen molar-refractivity contribution in [1.82, 2.24) is 15.3 Å². The van der Waals surface area contributed by atoms with Crippen molar-refractivity contribution in [3.8, 4) is 5.75 Å². The summed E-state index contributed by atoms with van der Waals surface area (Å²) in [5.41, 5.74) is 3.20. The Balaban J connectivity index is 1.57. The number of benzene rings is 2. The zero-order valence-electron chi connectivity index (χ0n) is 19.3. The highest BCUT2D eigenvalue weighted by atomic mass is 32.2. The van der Waals surface area contributed by atoms with E-state index in [1.165, 1.54) is 31.3 Å². The third-order valence-electron chi connectivity index (χ3n) is 5.35. The number of hydrogen-bond acceptors (Lipinski definition) is 7. The number of hydrogen-bond donors (Lipinski definition) is 2. The summed E-state index contributed by atoms with van der Waals surface area (Å²) >= 11 is 0. The second-order valence-corrected chi connectivity index (χ2v) is 9.87. The van der Waals surface area contributed by atoms with E-state index in [9.17, 15) is 9.18 Å². The van der Waals surface area contributed by atoms with Gasteiger partial charge < -0.3 is 20.1 Å². The number of methoxy groups -OCH3 is 1. The lowest BCUT2D eigenvalue weighted by Gasteiger charge is -2.15. The number of rotatable bonds is 9. The molecule has 1 aliphatic rings. The fourth-order valence-electron chi connectivity index (χ4n) is 3.73. The molecule has 2 heterocycles. The van der Waals surface area contributed by atoms with E-state index >= 15 is 0 Å². The Morgan fingerprint density at radius 2 is 2.03 bits per heavy atom. The number of fused-ring (bicyclic) bond motifs is 1. The first kappa shape index (κ1) is 24.0. The number of amides is 1. The van der Waals surface area contributed by atoms with Gasteiger partial charge in [-0.25, -0.2) is 18.7 Å². The standard InChI is InChI=1S/C24H28FN5O3S/c1-16-11-18(30-34-9-3-4-10-34)13-20-23(16)24(28-15-27-20)29-19-6-5-17(25)12-21(19)33-14-22(31)26-7-8-32-2/h5-6,11-13,15H,3-4,7-10,14H2,1-2H3,(H,26,31)(H,27,28,29). The molecule has 2 aromatic carbocycles. The summed E-state index contributed by atoms with van der Waals surface area (Å²) < 4.78 is 29.4. The van der Waals surface area contributed by atoms with E-state index in [0.717, 1.165) is 33.7 Å². The van der Waals surface area contributed by atoms with E-state index in [4.69, 9.17) is 13.8 Å². The summed E-state index contributed by atoms with van der Waals surface area (Å²) in [6.45, 7) is 2.52. The molecule has 0 atom stereocenters. The van der Waals surface area contributed by atoms with E-state index in [1.54, 1.807) is 13.2 Å². The van der Waals surface area contributed by atoms with Crippen LogP contribution < -0.4 is 15.4 Å². The second-order valence-electron chi connectivity index (χ2n) is 7.94. The van der Waals surface area contributed by atoms with E-state index in [1.807, 2.05) is 13.0 Å². The topological polar surface area (TPSA) is 97.7 Å². The van der Waals surface area contributed by atoms with Gasteiger partial charge in [0.1, 0.15) is 23.7 Å². The second kappa shape index (κ2) is 11.3. The van der Waals surface area contributed by atoms with Crippen LogP contribution in [-0.2, 0) is 20.2 Å². The highest BCUT2D eigenvalue weighted by molar-refractivity contribution is 7.87. The number of aromatic nitrogens is 2. The molecule has 180 valence electrons. The molecular formula is C24H28FN5O3S. The Kier molecular flexibility index (Phi) is 8.02. The zero-order valence-corrected chi connectivity index (χ0v) is 20.1. The average molecular weight is 486 g/mol. The molecule has 34 heavy (non-hydrogen) atoms. The number of anilines is 2. The molecule has 1 amide bonds. The van der Waals surface area contributed by atoms with Gasteiger partial charge >= 0.3 is 0 Å². The number of ether oxygens (including phenoxy) is 2. The van der Waals surface area contributed by atoms with Gasteiger partial charge in [0.05, 0.1) is 23.5 Å². The fraction of sp³-hybridized carbons (Fsp3) is 0.375. The Bertz CT molecular complexity index is 1210. The minimum Gasteiger partial charge on any atom is -0.481 e. The van der Waals surface area contributed by atoms with Gasteiger partial charge in [-0.15, -0.1) is 0 Å². The molecule has 0 unspecified atom stereocenters. The Morgan fingerprint density at radius 3 is 2.82 bits per heavy atom. The molecule has 1 aliphatic heterocycles. The van der Waals surface area contributed by atoms with Crippen LogP contribution in [0.5, 0.6) is 5.75 Å². The lowest BCUT2D eigenvalue weighted by Crippen LogP contribution is -2.31. The summed E-state index contributed by atoms with van der Waals surface area (Å²) in [4.78, 5) is 20.8. The van der Waals surface area contributed by atoms with Gasteiger partial charge in [0.15, 0.2) is 6.61 Å². The first-order valence-corrected chi connectivity index (χ1v) is 12.6. The van der Waals surface area contributed by atoms with Crippen molar-refractivity contribution in [1.29, 1.82) is 0 Å². The number of nitrogens with one attached hydrogen (secondary N) is 2. The molecule has 0 saturated carbocycles. The average Bonchev–Trinajstić information content (AvgIpc) is 3.32. The van der Waals surface area contributed by atoms with E-state index in [0.29, 0.717) is 24.7 Å². The Morgan fingerprint density at radius 1 is 1.21 bits per heavy atom. The first-order valence-electron chi connectivity index (χ1n) is 11.1. The summed E-state index contributed by atoms with van der Waals surface area (Å²) in [7, 11) is 1.65. The molecule has 1 aromatic heterocycles. The SMILES string of the molecule is COCCNC(=O)COc1cc(F)ccc1Nc1ncnc2cc(N=S3CCCC3)cc(C)c12. The third-order valence-corrected chi connectivity index (χ3v) is 7.34. The van der Waals surface area contributed by atoms with Crippen LogP contribution in [0.2, 0.25) is 0 Å². The Hall–Kier alpha value is -3.11. The predicted molar refractivity (Wildman–Crippen MR) is 133 cm³/mol. The maximum absolute atomic E-state index is 13.9. The lowest BCUT2D eigenvalue weighted by atomic mass is 10.1. The van der Waals surface area contributed by atoms with Gasteiger partial charge in [-0.1, -0.05) is 10.7 Å². The third kappa shape index (κ3) is 6.06. The maximum atomic E-state index is 13.9. The molecule has 0 bridgehead atoms. The van der Waals surface area contributed by atoms with Crippen molar-refractivity contribution < 1.29 is 18.7 Å². The van der Waals surface area contributed by atoms with Gasteiger partial charge in [-0.3, -0.25) is 4.79 Å². The molecule has 10 heteroatoms. The number of carbonyl (C=O) groups excluding carboxylic acids is 1. The highest BCUT2D eigenvalue weighted by Gasteiger charge is 2.14. The van der Waals surface area contributed by atoms with Crippen LogP contribution in [0.1, 0.15) is 18.4 Å². The minimum absolute atomic E-state index is 0.0932. The highest BCUT2D eigenvalue weighted by Crippen LogP contribution is 2.34. The van der Waals surface area contributed by atoms with Crippen LogP contribution in [0.15, 0.2) is 41.0 Å². The molecule has 0 radical (unpaired) electrons. The van der Waals surface area contributed by atoms with Crippen molar-refractivity contribution in [2.75, 3.05) is 43.7 Å². The molecule has 0 spiro atoms. The number of carbonyl (C=O) groups is 1. The summed E-state index contributed by atoms with van der Waals surface area (Å²) in [6, 6.07) is 8.15. The number of halogens is 1. The van der Waals surface area contributed by atoms with Crippen LogP contribution in [0.3, 0.4) is 0 Å². The van der Waals surface area contributed by atoms with Crippen LogP contribution in [-0.4, -0.2) is 54.2 Å². The predicted octanol–water partition coefficient (Wildman–Crippen LogP) is 4.19. The summed E-state index contributed by atoms with van der Waals surface area (Å²) in [6.07, 6.45) is 3.97. The van der Waals surface area contributed by atoms with Gasteiger partial charge in [-0.2, -0.15) is 0 Å². The van der Waals surface area contributed by atoms with E-state index in [-0.39, 0.29) is 29.0 Å². The van der Waals surface area contributed by atoms with Crippen molar-refractivity contribution >= 4 is 44.7 Å². The molecule has 1 saturated heterocycles. The van der Waals surface area contributed by atoms with Gasteiger partial charge in [0.2, 0.25) is 0 Å². The molecule has 4 rings (SSSR count). The zero-order chi connectivity index (χ0) is 23.9. The van der Waals surface area contributed by atoms with Crippen molar-refractivity contribution in [3.63, 3.8) is 0 Å². The normalized spacial score (nSPS) is 13.7. The van der Waals surface area contributed by atoms with E-state index < -0.39 is 5.82 Å². The van der Waals surface area contributed by atoms with Crippen molar-refractivity contribution in [2.24, 2.45) is 4.36 Å². The number of aryl methyl sites for hydroxylation is 1. The first-order chi connectivity index (χ1) is 16.5. The molecular weight excluding hydrogens is 457 g/mol. The summed E-state index contributed by atoms with van der Waals surface area (Å²) in [5.74, 6) is 2.30. The monoisotopic (exact) mass is 485 g/mol. The van der Waals surface area contributed by atoms with Gasteiger partial charge in [-0.05, 0) is 49.6 Å². The molecule has 1 fully saturated rings. The van der Waals surface area contributed by atoms with Crippen molar-refractivity contribution in [2.45, 2.75) is 19.8 Å². The quantitative estimate of drug-likeness (QED) is 0.441. The minimum atomic E-state index is -0.469. The van der Waals surface area contributed by atoms with Gasteiger partial charge in [0, 0.05) is 36.6 Å². The van der Waals surface area contributed by atoms with Crippen LogP contribution in [0.25, 0.3) is 10.9 Å². The van der Waals surface area contributed by atoms with Crippen LogP contribution in [0, 0.1) is 12.7 Å². The lowest BCUT2D eigenvalue weighted by molar-refractivity contribution is -0.123. The maximum Gasteiger partial charge on any atom is 0.258 e. The molecule has 2 N–H and O–H groups in total. The van der Waals surface area contributed by atoms with Crippen molar-refractivity contribution in [3.05, 3.63) is 48.0 Å². The smallest absolute Gasteiger partial charge is 0.258 e. The van der Waals surface area contributed by atoms with Gasteiger partial charge in [0.25, 0.3) is 5.91 Å². The molecule has 3 aromatic rings. The van der Waals surface area contributed by atoms with Crippen LogP contribution in [0.4, 0.5) is 21.6 Å². The fourth-order valence-corrected chi connectivity index (χ4v) is 5.60. The molecule has 8 nitrogen and oxygen atoms in total.